The number of aromatic hydroxyl groups is 1. The van der Waals surface area contributed by atoms with Crippen LogP contribution < -0.4 is 9.47 Å². The highest BCUT2D eigenvalue weighted by Gasteiger charge is 2.33. The van der Waals surface area contributed by atoms with Crippen molar-refractivity contribution in [2.24, 2.45) is 0 Å². The first kappa shape index (κ1) is 25.7. The number of ether oxygens (including phenoxy) is 2. The molecule has 3 aromatic carbocycles. The molecule has 0 amide bonds. The fraction of sp³-hybridized carbons (Fsp3) is 0.455. The largest absolute Gasteiger partial charge is 0.508 e. The second-order valence-electron chi connectivity index (χ2n) is 10.6. The van der Waals surface area contributed by atoms with Crippen molar-refractivity contribution in [2.45, 2.75) is 63.2 Å². The Morgan fingerprint density at radius 2 is 1.51 bits per heavy atom. The number of phenolic OH excluding ortho intramolecular Hbond substituents is 1. The van der Waals surface area contributed by atoms with Crippen LogP contribution in [0.25, 0.3) is 0 Å². The van der Waals surface area contributed by atoms with Gasteiger partial charge in [-0.05, 0) is 86.8 Å². The molecular weight excluding hydrogens is 458 g/mol. The maximum atomic E-state index is 10.2. The average Bonchev–Trinajstić information content (AvgIpc) is 3.46. The van der Waals surface area contributed by atoms with Crippen LogP contribution in [-0.4, -0.2) is 42.9 Å². The van der Waals surface area contributed by atoms with Crippen molar-refractivity contribution in [1.29, 1.82) is 0 Å². The van der Waals surface area contributed by atoms with Crippen LogP contribution >= 0.6 is 0 Å². The Hall–Kier alpha value is -2.98. The molecular formula is C33H41NO3. The fourth-order valence-electron chi connectivity index (χ4n) is 5.92. The lowest BCUT2D eigenvalue weighted by Gasteiger charge is -2.34. The predicted octanol–water partition coefficient (Wildman–Crippen LogP) is 7.52. The molecule has 37 heavy (non-hydrogen) atoms. The van der Waals surface area contributed by atoms with E-state index in [-0.39, 0.29) is 17.6 Å². The first-order valence-electron chi connectivity index (χ1n) is 14.2. The molecule has 0 aliphatic carbocycles. The maximum Gasteiger partial charge on any atom is 0.123 e. The summed E-state index contributed by atoms with van der Waals surface area (Å²) < 4.78 is 12.2. The molecule has 1 fully saturated rings. The minimum atomic E-state index is 0.109. The topological polar surface area (TPSA) is 41.9 Å². The van der Waals surface area contributed by atoms with Gasteiger partial charge in [-0.3, -0.25) is 0 Å². The van der Waals surface area contributed by atoms with Crippen LogP contribution in [-0.2, 0) is 0 Å². The molecule has 0 radical (unpaired) electrons. The van der Waals surface area contributed by atoms with Gasteiger partial charge in [0, 0.05) is 17.4 Å². The van der Waals surface area contributed by atoms with Crippen LogP contribution in [0.1, 0.15) is 79.9 Å². The van der Waals surface area contributed by atoms with Crippen LogP contribution in [0.5, 0.6) is 17.2 Å². The number of hydrogen-bond donors (Lipinski definition) is 1. The molecule has 0 aromatic heterocycles. The Balaban J connectivity index is 1.12. The monoisotopic (exact) mass is 499 g/mol. The zero-order chi connectivity index (χ0) is 25.3. The minimum Gasteiger partial charge on any atom is -0.508 e. The Morgan fingerprint density at radius 3 is 2.30 bits per heavy atom. The number of hydrogen-bond acceptors (Lipinski definition) is 4. The third-order valence-electron chi connectivity index (χ3n) is 7.95. The minimum absolute atomic E-state index is 0.109. The van der Waals surface area contributed by atoms with Gasteiger partial charge in [-0.1, -0.05) is 68.1 Å². The zero-order valence-electron chi connectivity index (χ0n) is 22.0. The summed E-state index contributed by atoms with van der Waals surface area (Å²) in [6, 6.07) is 24.5. The summed E-state index contributed by atoms with van der Waals surface area (Å²) in [5, 5.41) is 10.2. The lowest BCUT2D eigenvalue weighted by Crippen LogP contribution is -2.25. The van der Waals surface area contributed by atoms with Crippen LogP contribution in [0.4, 0.5) is 0 Å². The van der Waals surface area contributed by atoms with E-state index in [2.05, 4.69) is 53.4 Å². The summed E-state index contributed by atoms with van der Waals surface area (Å²) in [5.74, 6) is 2.34. The van der Waals surface area contributed by atoms with Gasteiger partial charge in [0.05, 0.1) is 13.2 Å². The molecule has 2 aliphatic heterocycles. The van der Waals surface area contributed by atoms with Crippen molar-refractivity contribution in [3.8, 4) is 17.2 Å². The maximum absolute atomic E-state index is 10.2. The van der Waals surface area contributed by atoms with E-state index in [0.29, 0.717) is 6.61 Å². The van der Waals surface area contributed by atoms with Gasteiger partial charge >= 0.3 is 0 Å². The number of benzene rings is 3. The summed E-state index contributed by atoms with van der Waals surface area (Å²) in [6.07, 6.45) is 10.5. The molecule has 1 saturated heterocycles. The van der Waals surface area contributed by atoms with Crippen LogP contribution in [0.15, 0.2) is 72.8 Å². The van der Waals surface area contributed by atoms with Gasteiger partial charge < -0.3 is 19.5 Å². The number of unbranched alkanes of at least 4 members (excludes halogenated alkanes) is 5. The third-order valence-corrected chi connectivity index (χ3v) is 7.95. The number of likely N-dealkylation sites (tertiary alicyclic amines) is 1. The highest BCUT2D eigenvalue weighted by molar-refractivity contribution is 5.51. The van der Waals surface area contributed by atoms with Crippen molar-refractivity contribution in [2.75, 3.05) is 32.8 Å². The van der Waals surface area contributed by atoms with Gasteiger partial charge in [0.2, 0.25) is 0 Å². The first-order valence-corrected chi connectivity index (χ1v) is 14.2. The van der Waals surface area contributed by atoms with Crippen molar-refractivity contribution in [3.05, 3.63) is 89.5 Å². The molecule has 1 unspecified atom stereocenters. The van der Waals surface area contributed by atoms with Crippen molar-refractivity contribution in [1.82, 2.24) is 4.90 Å². The molecule has 0 spiro atoms. The van der Waals surface area contributed by atoms with E-state index in [0.717, 1.165) is 30.1 Å². The Kier molecular flexibility index (Phi) is 9.02. The molecule has 196 valence electrons. The Morgan fingerprint density at radius 1 is 0.784 bits per heavy atom. The lowest BCUT2D eigenvalue weighted by molar-refractivity contribution is 0.248. The van der Waals surface area contributed by atoms with Gasteiger partial charge in [0.15, 0.2) is 0 Å². The van der Waals surface area contributed by atoms with E-state index < -0.39 is 0 Å². The Bertz CT molecular complexity index is 1090. The van der Waals surface area contributed by atoms with Crippen molar-refractivity contribution < 1.29 is 14.6 Å². The third kappa shape index (κ3) is 6.87. The van der Waals surface area contributed by atoms with Gasteiger partial charge in [0.25, 0.3) is 0 Å². The van der Waals surface area contributed by atoms with Crippen molar-refractivity contribution >= 4 is 0 Å². The predicted molar refractivity (Wildman–Crippen MR) is 150 cm³/mol. The molecule has 4 heteroatoms. The molecule has 0 saturated carbocycles. The number of phenols is 1. The van der Waals surface area contributed by atoms with Gasteiger partial charge in [-0.15, -0.1) is 0 Å². The molecule has 4 nitrogen and oxygen atoms in total. The number of fused-ring (bicyclic) bond motifs is 1. The normalized spacial score (nSPS) is 19.4. The van der Waals surface area contributed by atoms with Crippen LogP contribution in [0, 0.1) is 0 Å². The van der Waals surface area contributed by atoms with Gasteiger partial charge in [-0.2, -0.15) is 0 Å². The summed E-state index contributed by atoms with van der Waals surface area (Å²) in [6.45, 7) is 5.32. The highest BCUT2D eigenvalue weighted by Crippen LogP contribution is 2.47. The van der Waals surface area contributed by atoms with E-state index in [1.807, 2.05) is 18.2 Å². The fourth-order valence-corrected chi connectivity index (χ4v) is 5.92. The van der Waals surface area contributed by atoms with Crippen LogP contribution in [0.2, 0.25) is 0 Å². The highest BCUT2D eigenvalue weighted by atomic mass is 16.5. The van der Waals surface area contributed by atoms with Gasteiger partial charge in [0.1, 0.15) is 17.2 Å². The molecule has 3 aromatic rings. The average molecular weight is 500 g/mol. The molecule has 0 bridgehead atoms. The standard InChI is InChI=1S/C33H41NO3/c35-28-16-19-32-30(24-28)33(31(25-37-32)26-12-6-5-7-13-26)27-14-17-29(18-15-27)36-23-11-4-2-1-3-8-20-34-21-9-10-22-34/h5-7,12-19,24,31,33,35H,1-4,8-11,20-23,25H2/t31-,33?/m1/s1. The lowest BCUT2D eigenvalue weighted by atomic mass is 9.76. The Labute approximate surface area is 222 Å². The zero-order valence-corrected chi connectivity index (χ0v) is 22.0. The summed E-state index contributed by atoms with van der Waals surface area (Å²) in [7, 11) is 0. The van der Waals surface area contributed by atoms with Crippen molar-refractivity contribution in [3.63, 3.8) is 0 Å². The summed E-state index contributed by atoms with van der Waals surface area (Å²) in [4.78, 5) is 2.62. The smallest absolute Gasteiger partial charge is 0.123 e. The quantitative estimate of drug-likeness (QED) is 0.262. The molecule has 2 aliphatic rings. The van der Waals surface area contributed by atoms with Crippen LogP contribution in [0.3, 0.4) is 0 Å². The SMILES string of the molecule is Oc1ccc2c(c1)C(c1ccc(OCCCCCCCCN3CCCC3)cc1)[C@@H](c1ccccc1)CO2. The summed E-state index contributed by atoms with van der Waals surface area (Å²) in [5.41, 5.74) is 3.50. The van der Waals surface area contributed by atoms with Gasteiger partial charge in [-0.25, -0.2) is 0 Å². The van der Waals surface area contributed by atoms with E-state index in [1.54, 1.807) is 6.07 Å². The van der Waals surface area contributed by atoms with E-state index >= 15 is 0 Å². The molecule has 5 rings (SSSR count). The van der Waals surface area contributed by atoms with E-state index in [1.165, 1.54) is 75.7 Å². The van der Waals surface area contributed by atoms with E-state index in [9.17, 15) is 5.11 Å². The van der Waals surface area contributed by atoms with E-state index in [4.69, 9.17) is 9.47 Å². The molecule has 1 N–H and O–H groups in total. The summed E-state index contributed by atoms with van der Waals surface area (Å²) >= 11 is 0. The first-order chi connectivity index (χ1) is 18.3. The second kappa shape index (κ2) is 13.0. The number of rotatable bonds is 12. The molecule has 2 atom stereocenters. The molecule has 2 heterocycles. The number of nitrogens with zero attached hydrogens (tertiary/aromatic N) is 1. The second-order valence-corrected chi connectivity index (χ2v) is 10.6.